The minimum atomic E-state index is -0.222. The molecule has 1 fully saturated rings. The zero-order chi connectivity index (χ0) is 23.7. The Balaban J connectivity index is 1.34. The van der Waals surface area contributed by atoms with Crippen LogP contribution in [-0.4, -0.2) is 64.3 Å². The van der Waals surface area contributed by atoms with Crippen LogP contribution in [-0.2, 0) is 6.54 Å². The second kappa shape index (κ2) is 9.14. The largest absolute Gasteiger partial charge is 0.495 e. The maximum absolute atomic E-state index is 12.7. The number of hydrogen-bond donors (Lipinski definition) is 1. The highest BCUT2D eigenvalue weighted by Gasteiger charge is 2.21. The standard InChI is InChI=1S/C24H27N7O3/c1-16-7-8-19(34-16)21-22-23(28-24(25)27-21)31(20(32)15-26-22)14-11-29-9-12-30(13-10-29)17-5-3-4-6-18(17)33-2/h3-8,15H,9-14H2,1-2H3,(H2,25,27,28). The number of piperazine rings is 1. The summed E-state index contributed by atoms with van der Waals surface area (Å²) < 4.78 is 12.9. The van der Waals surface area contributed by atoms with Gasteiger partial charge in [-0.15, -0.1) is 0 Å². The molecule has 4 heterocycles. The summed E-state index contributed by atoms with van der Waals surface area (Å²) in [6.07, 6.45) is 1.31. The minimum absolute atomic E-state index is 0.0723. The molecule has 0 spiro atoms. The molecular weight excluding hydrogens is 434 g/mol. The molecule has 1 aromatic carbocycles. The average molecular weight is 462 g/mol. The van der Waals surface area contributed by atoms with Crippen LogP contribution >= 0.6 is 0 Å². The Labute approximate surface area is 196 Å². The summed E-state index contributed by atoms with van der Waals surface area (Å²) in [7, 11) is 1.70. The highest BCUT2D eigenvalue weighted by atomic mass is 16.5. The summed E-state index contributed by atoms with van der Waals surface area (Å²) in [5.74, 6) is 2.25. The number of hydrogen-bond acceptors (Lipinski definition) is 9. The summed E-state index contributed by atoms with van der Waals surface area (Å²) in [5, 5.41) is 0. The van der Waals surface area contributed by atoms with Gasteiger partial charge in [0, 0.05) is 39.3 Å². The molecule has 3 aromatic heterocycles. The van der Waals surface area contributed by atoms with Crippen LogP contribution in [0.5, 0.6) is 5.75 Å². The molecule has 0 bridgehead atoms. The number of nitrogens with two attached hydrogens (primary N) is 1. The molecule has 10 nitrogen and oxygen atoms in total. The number of furan rings is 1. The van der Waals surface area contributed by atoms with Crippen molar-refractivity contribution in [2.45, 2.75) is 13.5 Å². The van der Waals surface area contributed by atoms with Gasteiger partial charge in [-0.05, 0) is 31.2 Å². The first kappa shape index (κ1) is 21.9. The van der Waals surface area contributed by atoms with Crippen molar-refractivity contribution < 1.29 is 9.15 Å². The fourth-order valence-corrected chi connectivity index (χ4v) is 4.36. The third-order valence-electron chi connectivity index (χ3n) is 6.12. The van der Waals surface area contributed by atoms with Crippen LogP contribution in [0.4, 0.5) is 11.6 Å². The van der Waals surface area contributed by atoms with Gasteiger partial charge in [0.05, 0.1) is 19.0 Å². The highest BCUT2D eigenvalue weighted by Crippen LogP contribution is 2.29. The van der Waals surface area contributed by atoms with E-state index in [2.05, 4.69) is 30.8 Å². The predicted molar refractivity (Wildman–Crippen MR) is 130 cm³/mol. The molecule has 2 N–H and O–H groups in total. The van der Waals surface area contributed by atoms with Crippen LogP contribution in [0.15, 0.2) is 51.8 Å². The number of nitrogen functional groups attached to an aromatic ring is 1. The number of benzene rings is 1. The molecule has 1 saturated heterocycles. The number of methoxy groups -OCH3 is 1. The van der Waals surface area contributed by atoms with Crippen molar-refractivity contribution in [1.82, 2.24) is 24.4 Å². The fraction of sp³-hybridized carbons (Fsp3) is 0.333. The van der Waals surface area contributed by atoms with E-state index in [1.54, 1.807) is 11.7 Å². The molecule has 176 valence electrons. The first-order valence-corrected chi connectivity index (χ1v) is 11.2. The molecular formula is C24H27N7O3. The van der Waals surface area contributed by atoms with Gasteiger partial charge in [-0.1, -0.05) is 12.1 Å². The normalized spacial score (nSPS) is 14.6. The number of nitrogens with zero attached hydrogens (tertiary/aromatic N) is 6. The van der Waals surface area contributed by atoms with Gasteiger partial charge < -0.3 is 19.8 Å². The van der Waals surface area contributed by atoms with Gasteiger partial charge in [0.1, 0.15) is 22.7 Å². The maximum Gasteiger partial charge on any atom is 0.270 e. The Morgan fingerprint density at radius 2 is 1.85 bits per heavy atom. The number of aromatic nitrogens is 4. The van der Waals surface area contributed by atoms with E-state index in [-0.39, 0.29) is 11.5 Å². The summed E-state index contributed by atoms with van der Waals surface area (Å²) in [5.41, 5.74) is 8.26. The van der Waals surface area contributed by atoms with Crippen molar-refractivity contribution in [3.63, 3.8) is 0 Å². The Morgan fingerprint density at radius 3 is 2.59 bits per heavy atom. The second-order valence-corrected chi connectivity index (χ2v) is 8.26. The van der Waals surface area contributed by atoms with E-state index < -0.39 is 0 Å². The van der Waals surface area contributed by atoms with E-state index in [0.717, 1.165) is 43.4 Å². The van der Waals surface area contributed by atoms with Crippen LogP contribution in [0.25, 0.3) is 22.6 Å². The number of aryl methyl sites for hydroxylation is 1. The van der Waals surface area contributed by atoms with Crippen molar-refractivity contribution in [2.24, 2.45) is 0 Å². The summed E-state index contributed by atoms with van der Waals surface area (Å²) in [4.78, 5) is 30.4. The van der Waals surface area contributed by atoms with Gasteiger partial charge in [-0.3, -0.25) is 14.3 Å². The topological polar surface area (TPSA) is 116 Å². The summed E-state index contributed by atoms with van der Waals surface area (Å²) >= 11 is 0. The number of anilines is 2. The SMILES string of the molecule is COc1ccccc1N1CCN(CCn2c(=O)cnc3c(-c4ccc(C)o4)nc(N)nc32)CC1. The van der Waals surface area contributed by atoms with Crippen molar-refractivity contribution >= 4 is 22.8 Å². The molecule has 5 rings (SSSR count). The number of rotatable bonds is 6. The molecule has 0 radical (unpaired) electrons. The van der Waals surface area contributed by atoms with E-state index in [1.165, 1.54) is 6.20 Å². The first-order valence-electron chi connectivity index (χ1n) is 11.2. The van der Waals surface area contributed by atoms with Gasteiger partial charge in [0.15, 0.2) is 11.4 Å². The Kier molecular flexibility index (Phi) is 5.89. The van der Waals surface area contributed by atoms with E-state index in [4.69, 9.17) is 14.9 Å². The lowest BCUT2D eigenvalue weighted by Crippen LogP contribution is -2.47. The van der Waals surface area contributed by atoms with Crippen LogP contribution in [0.3, 0.4) is 0 Å². The number of fused-ring (bicyclic) bond motifs is 1. The van der Waals surface area contributed by atoms with Crippen molar-refractivity contribution in [2.75, 3.05) is 50.5 Å². The molecule has 0 saturated carbocycles. The van der Waals surface area contributed by atoms with Gasteiger partial charge in [-0.25, -0.2) is 9.97 Å². The quantitative estimate of drug-likeness (QED) is 0.461. The number of para-hydroxylation sites is 2. The Hall–Kier alpha value is -3.92. The van der Waals surface area contributed by atoms with E-state index in [0.29, 0.717) is 35.7 Å². The molecule has 0 amide bonds. The third kappa shape index (κ3) is 4.19. The van der Waals surface area contributed by atoms with E-state index in [9.17, 15) is 4.79 Å². The summed E-state index contributed by atoms with van der Waals surface area (Å²) in [6, 6.07) is 11.7. The molecule has 4 aromatic rings. The highest BCUT2D eigenvalue weighted by molar-refractivity contribution is 5.86. The molecule has 0 aliphatic carbocycles. The molecule has 0 atom stereocenters. The molecule has 1 aliphatic heterocycles. The third-order valence-corrected chi connectivity index (χ3v) is 6.12. The van der Waals surface area contributed by atoms with Crippen molar-refractivity contribution in [3.8, 4) is 17.2 Å². The second-order valence-electron chi connectivity index (χ2n) is 8.26. The molecule has 0 unspecified atom stereocenters. The fourth-order valence-electron chi connectivity index (χ4n) is 4.36. The smallest absolute Gasteiger partial charge is 0.270 e. The zero-order valence-corrected chi connectivity index (χ0v) is 19.3. The average Bonchev–Trinajstić information content (AvgIpc) is 3.29. The van der Waals surface area contributed by atoms with Crippen LogP contribution in [0.1, 0.15) is 5.76 Å². The first-order chi connectivity index (χ1) is 16.5. The zero-order valence-electron chi connectivity index (χ0n) is 19.3. The molecule has 34 heavy (non-hydrogen) atoms. The maximum atomic E-state index is 12.7. The van der Waals surface area contributed by atoms with E-state index in [1.807, 2.05) is 37.3 Å². The van der Waals surface area contributed by atoms with Gasteiger partial charge in [0.25, 0.3) is 5.56 Å². The van der Waals surface area contributed by atoms with Crippen LogP contribution in [0.2, 0.25) is 0 Å². The Morgan fingerprint density at radius 1 is 1.06 bits per heavy atom. The van der Waals surface area contributed by atoms with E-state index >= 15 is 0 Å². The minimum Gasteiger partial charge on any atom is -0.495 e. The monoisotopic (exact) mass is 461 g/mol. The van der Waals surface area contributed by atoms with Crippen molar-refractivity contribution in [1.29, 1.82) is 0 Å². The van der Waals surface area contributed by atoms with Gasteiger partial charge in [0.2, 0.25) is 5.95 Å². The van der Waals surface area contributed by atoms with Crippen LogP contribution < -0.4 is 20.9 Å². The molecule has 1 aliphatic rings. The molecule has 10 heteroatoms. The Bertz CT molecular complexity index is 1370. The lowest BCUT2D eigenvalue weighted by molar-refractivity contribution is 0.247. The van der Waals surface area contributed by atoms with Gasteiger partial charge >= 0.3 is 0 Å². The lowest BCUT2D eigenvalue weighted by atomic mass is 10.2. The lowest BCUT2D eigenvalue weighted by Gasteiger charge is -2.36. The van der Waals surface area contributed by atoms with Crippen LogP contribution in [0, 0.1) is 6.92 Å². The number of ether oxygens (including phenoxy) is 1. The predicted octanol–water partition coefficient (Wildman–Crippen LogP) is 2.17. The van der Waals surface area contributed by atoms with Gasteiger partial charge in [-0.2, -0.15) is 4.98 Å². The summed E-state index contributed by atoms with van der Waals surface area (Å²) in [6.45, 7) is 6.55. The van der Waals surface area contributed by atoms with Crippen molar-refractivity contribution in [3.05, 3.63) is 58.7 Å².